The lowest BCUT2D eigenvalue weighted by molar-refractivity contribution is 0.976. The fourth-order valence-corrected chi connectivity index (χ4v) is 3.50. The fraction of sp³-hybridized carbons (Fsp3) is 0.333. The third-order valence-electron chi connectivity index (χ3n) is 4.96. The van der Waals surface area contributed by atoms with E-state index < -0.39 is 0 Å². The number of fused-ring (bicyclic) bond motifs is 1. The molecule has 1 aliphatic carbocycles. The van der Waals surface area contributed by atoms with Crippen molar-refractivity contribution in [2.75, 3.05) is 0 Å². The van der Waals surface area contributed by atoms with Gasteiger partial charge in [0.25, 0.3) is 0 Å². The second-order valence-corrected chi connectivity index (χ2v) is 6.22. The largest absolute Gasteiger partial charge is 0.0651 e. The average molecular weight is 276 g/mol. The lowest BCUT2D eigenvalue weighted by atomic mass is 9.90. The summed E-state index contributed by atoms with van der Waals surface area (Å²) in [4.78, 5) is 0. The molecule has 0 saturated carbocycles. The van der Waals surface area contributed by atoms with E-state index in [0.717, 1.165) is 6.42 Å². The Hall–Kier alpha value is -1.82. The van der Waals surface area contributed by atoms with Gasteiger partial charge < -0.3 is 0 Å². The Balaban J connectivity index is 2.17. The zero-order chi connectivity index (χ0) is 15.0. The second kappa shape index (κ2) is 5.52. The molecular weight excluding hydrogens is 252 g/mol. The molecule has 0 fully saturated rings. The number of hydrogen-bond donors (Lipinski definition) is 0. The Morgan fingerprint density at radius 3 is 2.38 bits per heavy atom. The molecule has 3 rings (SSSR count). The summed E-state index contributed by atoms with van der Waals surface area (Å²) < 4.78 is 0. The first-order valence-electron chi connectivity index (χ1n) is 8.01. The van der Waals surface area contributed by atoms with E-state index in [-0.39, 0.29) is 0 Å². The van der Waals surface area contributed by atoms with Gasteiger partial charge in [-0.2, -0.15) is 0 Å². The highest BCUT2D eigenvalue weighted by molar-refractivity contribution is 5.97. The summed E-state index contributed by atoms with van der Waals surface area (Å²) in [7, 11) is 0. The number of rotatable bonds is 3. The van der Waals surface area contributed by atoms with Crippen molar-refractivity contribution in [1.29, 1.82) is 0 Å². The van der Waals surface area contributed by atoms with Crippen molar-refractivity contribution in [1.82, 2.24) is 0 Å². The second-order valence-electron chi connectivity index (χ2n) is 6.22. The standard InChI is InChI=1S/C21H24/c1-5-8-20-19-10-7-6-9-17(19)13-21(20)18-12-11-14(2)15(3)16(18)4/h6-7,9-12H,5,8,13H2,1-4H3. The smallest absolute Gasteiger partial charge is 0.00107 e. The van der Waals surface area contributed by atoms with E-state index in [1.54, 1.807) is 11.1 Å². The van der Waals surface area contributed by atoms with Gasteiger partial charge in [0.2, 0.25) is 0 Å². The van der Waals surface area contributed by atoms with Gasteiger partial charge in [0.1, 0.15) is 0 Å². The first-order valence-corrected chi connectivity index (χ1v) is 8.01. The van der Waals surface area contributed by atoms with E-state index in [0.29, 0.717) is 0 Å². The van der Waals surface area contributed by atoms with Gasteiger partial charge in [0, 0.05) is 0 Å². The van der Waals surface area contributed by atoms with Crippen molar-refractivity contribution in [2.24, 2.45) is 0 Å². The maximum Gasteiger partial charge on any atom is -0.00107 e. The van der Waals surface area contributed by atoms with Crippen LogP contribution in [0.1, 0.15) is 53.1 Å². The van der Waals surface area contributed by atoms with Gasteiger partial charge in [0.05, 0.1) is 0 Å². The minimum atomic E-state index is 1.09. The molecular formula is C21H24. The maximum atomic E-state index is 2.33. The van der Waals surface area contributed by atoms with Crippen molar-refractivity contribution in [3.05, 3.63) is 69.8 Å². The van der Waals surface area contributed by atoms with Gasteiger partial charge in [-0.3, -0.25) is 0 Å². The predicted octanol–water partition coefficient (Wildman–Crippen LogP) is 5.88. The Bertz CT molecular complexity index is 717. The highest BCUT2D eigenvalue weighted by atomic mass is 14.3. The van der Waals surface area contributed by atoms with Crippen LogP contribution in [0.4, 0.5) is 0 Å². The molecule has 1 aliphatic rings. The lowest BCUT2D eigenvalue weighted by Crippen LogP contribution is -1.96. The predicted molar refractivity (Wildman–Crippen MR) is 92.5 cm³/mol. The highest BCUT2D eigenvalue weighted by Crippen LogP contribution is 2.42. The highest BCUT2D eigenvalue weighted by Gasteiger charge is 2.22. The summed E-state index contributed by atoms with van der Waals surface area (Å²) >= 11 is 0. The molecule has 0 radical (unpaired) electrons. The van der Waals surface area contributed by atoms with Crippen molar-refractivity contribution in [3.8, 4) is 0 Å². The van der Waals surface area contributed by atoms with Crippen LogP contribution < -0.4 is 0 Å². The molecule has 0 unspecified atom stereocenters. The van der Waals surface area contributed by atoms with Gasteiger partial charge >= 0.3 is 0 Å². The van der Waals surface area contributed by atoms with E-state index in [1.807, 2.05) is 0 Å². The molecule has 0 atom stereocenters. The Labute approximate surface area is 128 Å². The van der Waals surface area contributed by atoms with Crippen molar-refractivity contribution in [3.63, 3.8) is 0 Å². The third kappa shape index (κ3) is 2.33. The van der Waals surface area contributed by atoms with Crippen LogP contribution in [0.5, 0.6) is 0 Å². The molecule has 0 nitrogen and oxygen atoms in total. The quantitative estimate of drug-likeness (QED) is 0.656. The SMILES string of the molecule is CCCC1=C(c2ccc(C)c(C)c2C)Cc2ccccc21. The molecule has 0 N–H and O–H groups in total. The monoisotopic (exact) mass is 276 g/mol. The molecule has 0 heteroatoms. The van der Waals surface area contributed by atoms with Crippen LogP contribution in [0.25, 0.3) is 11.1 Å². The number of allylic oxidation sites excluding steroid dienone is 2. The molecule has 0 bridgehead atoms. The molecule has 108 valence electrons. The Morgan fingerprint density at radius 1 is 0.857 bits per heavy atom. The first-order chi connectivity index (χ1) is 10.1. The minimum Gasteiger partial charge on any atom is -0.0651 e. The number of hydrogen-bond acceptors (Lipinski definition) is 0. The van der Waals surface area contributed by atoms with Crippen LogP contribution in [0.15, 0.2) is 36.4 Å². The number of aryl methyl sites for hydroxylation is 1. The molecule has 0 aromatic heterocycles. The van der Waals surface area contributed by atoms with Crippen LogP contribution in [-0.2, 0) is 6.42 Å². The fourth-order valence-electron chi connectivity index (χ4n) is 3.50. The van der Waals surface area contributed by atoms with Gasteiger partial charge in [-0.25, -0.2) is 0 Å². The maximum absolute atomic E-state index is 2.33. The van der Waals surface area contributed by atoms with E-state index >= 15 is 0 Å². The van der Waals surface area contributed by atoms with Gasteiger partial charge in [-0.1, -0.05) is 49.7 Å². The molecule has 2 aromatic rings. The van der Waals surface area contributed by atoms with E-state index in [9.17, 15) is 0 Å². The average Bonchev–Trinajstić information content (AvgIpc) is 2.84. The van der Waals surface area contributed by atoms with Crippen molar-refractivity contribution in [2.45, 2.75) is 47.0 Å². The molecule has 2 aromatic carbocycles. The van der Waals surface area contributed by atoms with Crippen LogP contribution in [-0.4, -0.2) is 0 Å². The van der Waals surface area contributed by atoms with Crippen molar-refractivity contribution >= 4 is 11.1 Å². The normalized spacial score (nSPS) is 13.7. The van der Waals surface area contributed by atoms with E-state index in [2.05, 4.69) is 64.1 Å². The van der Waals surface area contributed by atoms with Gasteiger partial charge in [-0.15, -0.1) is 0 Å². The molecule has 0 heterocycles. The first kappa shape index (κ1) is 14.1. The minimum absolute atomic E-state index is 1.09. The lowest BCUT2D eigenvalue weighted by Gasteiger charge is -2.14. The molecule has 0 amide bonds. The Kier molecular flexibility index (Phi) is 3.71. The summed E-state index contributed by atoms with van der Waals surface area (Å²) in [5.74, 6) is 0. The summed E-state index contributed by atoms with van der Waals surface area (Å²) in [5.41, 5.74) is 11.8. The summed E-state index contributed by atoms with van der Waals surface area (Å²) in [5, 5.41) is 0. The molecule has 0 saturated heterocycles. The van der Waals surface area contributed by atoms with Crippen LogP contribution in [0.2, 0.25) is 0 Å². The van der Waals surface area contributed by atoms with E-state index in [1.165, 1.54) is 46.2 Å². The van der Waals surface area contributed by atoms with Gasteiger partial charge in [0.15, 0.2) is 0 Å². The zero-order valence-electron chi connectivity index (χ0n) is 13.6. The van der Waals surface area contributed by atoms with Crippen LogP contribution in [0.3, 0.4) is 0 Å². The van der Waals surface area contributed by atoms with Crippen molar-refractivity contribution < 1.29 is 0 Å². The zero-order valence-corrected chi connectivity index (χ0v) is 13.6. The van der Waals surface area contributed by atoms with E-state index in [4.69, 9.17) is 0 Å². The van der Waals surface area contributed by atoms with Crippen LogP contribution in [0, 0.1) is 20.8 Å². The van der Waals surface area contributed by atoms with Gasteiger partial charge in [-0.05, 0) is 78.1 Å². The molecule has 0 spiro atoms. The van der Waals surface area contributed by atoms with Crippen LogP contribution >= 0.6 is 0 Å². The number of benzene rings is 2. The summed E-state index contributed by atoms with van der Waals surface area (Å²) in [6, 6.07) is 13.5. The molecule has 21 heavy (non-hydrogen) atoms. The molecule has 0 aliphatic heterocycles. The Morgan fingerprint density at radius 2 is 1.62 bits per heavy atom. The summed E-state index contributed by atoms with van der Waals surface area (Å²) in [6.45, 7) is 9.00. The summed E-state index contributed by atoms with van der Waals surface area (Å²) in [6.07, 6.45) is 3.48. The third-order valence-corrected chi connectivity index (χ3v) is 4.96. The topological polar surface area (TPSA) is 0 Å².